The molecule has 1 atom stereocenters. The van der Waals surface area contributed by atoms with Crippen LogP contribution in [0.3, 0.4) is 0 Å². The van der Waals surface area contributed by atoms with Crippen molar-refractivity contribution in [3.05, 3.63) is 0 Å². The van der Waals surface area contributed by atoms with E-state index in [0.29, 0.717) is 6.04 Å². The number of nitrogens with zero attached hydrogens (tertiary/aromatic N) is 1. The van der Waals surface area contributed by atoms with Crippen molar-refractivity contribution >= 4 is 0 Å². The van der Waals surface area contributed by atoms with E-state index in [-0.39, 0.29) is 0 Å². The molecule has 0 fully saturated rings. The van der Waals surface area contributed by atoms with Crippen LogP contribution in [0, 0.1) is 12.3 Å². The van der Waals surface area contributed by atoms with Crippen LogP contribution in [0.5, 0.6) is 0 Å². The van der Waals surface area contributed by atoms with Crippen molar-refractivity contribution in [1.82, 2.24) is 10.2 Å². The average Bonchev–Trinajstić information content (AvgIpc) is 2.21. The van der Waals surface area contributed by atoms with Crippen LogP contribution in [-0.2, 0) is 0 Å². The SMILES string of the molecule is C#CCCCC(CCN(C)C)NCCC. The van der Waals surface area contributed by atoms with Crippen LogP contribution in [0.25, 0.3) is 0 Å². The zero-order valence-corrected chi connectivity index (χ0v) is 10.6. The first-order valence-electron chi connectivity index (χ1n) is 6.02. The van der Waals surface area contributed by atoms with Gasteiger partial charge in [0.1, 0.15) is 0 Å². The summed E-state index contributed by atoms with van der Waals surface area (Å²) in [6.07, 6.45) is 10.9. The highest BCUT2D eigenvalue weighted by Crippen LogP contribution is 2.05. The molecule has 0 rings (SSSR count). The fourth-order valence-corrected chi connectivity index (χ4v) is 1.56. The fourth-order valence-electron chi connectivity index (χ4n) is 1.56. The van der Waals surface area contributed by atoms with Gasteiger partial charge in [0.25, 0.3) is 0 Å². The molecule has 0 aliphatic carbocycles. The molecule has 1 unspecified atom stereocenters. The van der Waals surface area contributed by atoms with E-state index >= 15 is 0 Å². The Hall–Kier alpha value is -0.520. The summed E-state index contributed by atoms with van der Waals surface area (Å²) in [5.41, 5.74) is 0. The highest BCUT2D eigenvalue weighted by molar-refractivity contribution is 4.84. The lowest BCUT2D eigenvalue weighted by molar-refractivity contribution is 0.346. The maximum absolute atomic E-state index is 5.26. The van der Waals surface area contributed by atoms with E-state index in [1.165, 1.54) is 19.3 Å². The normalized spacial score (nSPS) is 12.7. The standard InChI is InChI=1S/C13H26N2/c1-5-7-8-9-13(14-11-6-2)10-12-15(3)4/h1,13-14H,6-12H2,2-4H3. The Balaban J connectivity index is 3.68. The number of terminal acetylenes is 1. The number of nitrogens with one attached hydrogen (secondary N) is 1. The second kappa shape index (κ2) is 10.0. The van der Waals surface area contributed by atoms with Gasteiger partial charge in [-0.25, -0.2) is 0 Å². The van der Waals surface area contributed by atoms with Gasteiger partial charge in [0.05, 0.1) is 0 Å². The van der Waals surface area contributed by atoms with Gasteiger partial charge < -0.3 is 10.2 Å². The van der Waals surface area contributed by atoms with Crippen molar-refractivity contribution in [2.24, 2.45) is 0 Å². The van der Waals surface area contributed by atoms with Crippen LogP contribution in [-0.4, -0.2) is 38.1 Å². The van der Waals surface area contributed by atoms with Crippen LogP contribution < -0.4 is 5.32 Å². The van der Waals surface area contributed by atoms with E-state index in [2.05, 4.69) is 37.2 Å². The largest absolute Gasteiger partial charge is 0.314 e. The van der Waals surface area contributed by atoms with Gasteiger partial charge >= 0.3 is 0 Å². The minimum Gasteiger partial charge on any atom is -0.314 e. The highest BCUT2D eigenvalue weighted by Gasteiger charge is 2.07. The topological polar surface area (TPSA) is 15.3 Å². The molecule has 1 N–H and O–H groups in total. The average molecular weight is 210 g/mol. The van der Waals surface area contributed by atoms with Gasteiger partial charge in [-0.3, -0.25) is 0 Å². The third kappa shape index (κ3) is 9.78. The van der Waals surface area contributed by atoms with Gasteiger partial charge in [-0.05, 0) is 52.9 Å². The molecule has 0 aliphatic heterocycles. The molecule has 15 heavy (non-hydrogen) atoms. The third-order valence-corrected chi connectivity index (χ3v) is 2.48. The summed E-state index contributed by atoms with van der Waals surface area (Å²) >= 11 is 0. The smallest absolute Gasteiger partial charge is 0.00866 e. The van der Waals surface area contributed by atoms with Crippen molar-refractivity contribution in [2.45, 2.75) is 45.1 Å². The molecule has 0 aromatic rings. The van der Waals surface area contributed by atoms with Gasteiger partial charge in [-0.2, -0.15) is 0 Å². The van der Waals surface area contributed by atoms with Gasteiger partial charge in [0.15, 0.2) is 0 Å². The molecule has 2 heteroatoms. The van der Waals surface area contributed by atoms with E-state index < -0.39 is 0 Å². The zero-order valence-electron chi connectivity index (χ0n) is 10.6. The predicted octanol–water partition coefficient (Wildman–Crippen LogP) is 2.11. The van der Waals surface area contributed by atoms with E-state index in [1.54, 1.807) is 0 Å². The van der Waals surface area contributed by atoms with E-state index in [9.17, 15) is 0 Å². The van der Waals surface area contributed by atoms with Gasteiger partial charge in [-0.15, -0.1) is 12.3 Å². The molecular weight excluding hydrogens is 184 g/mol. The second-order valence-corrected chi connectivity index (χ2v) is 4.34. The zero-order chi connectivity index (χ0) is 11.5. The molecule has 2 nitrogen and oxygen atoms in total. The number of hydrogen-bond acceptors (Lipinski definition) is 2. The Bertz CT molecular complexity index is 170. The van der Waals surface area contributed by atoms with Crippen molar-refractivity contribution < 1.29 is 0 Å². The van der Waals surface area contributed by atoms with Crippen LogP contribution in [0.4, 0.5) is 0 Å². The lowest BCUT2D eigenvalue weighted by Gasteiger charge is -2.20. The van der Waals surface area contributed by atoms with Crippen LogP contribution in [0.15, 0.2) is 0 Å². The van der Waals surface area contributed by atoms with Crippen LogP contribution in [0.1, 0.15) is 39.0 Å². The predicted molar refractivity (Wildman–Crippen MR) is 67.9 cm³/mol. The summed E-state index contributed by atoms with van der Waals surface area (Å²) in [5, 5.41) is 3.59. The van der Waals surface area contributed by atoms with Crippen molar-refractivity contribution in [3.8, 4) is 12.3 Å². The molecule has 0 aliphatic rings. The Morgan fingerprint density at radius 2 is 2.07 bits per heavy atom. The molecule has 0 aromatic carbocycles. The van der Waals surface area contributed by atoms with Gasteiger partial charge in [0, 0.05) is 12.5 Å². The lowest BCUT2D eigenvalue weighted by Crippen LogP contribution is -2.32. The first-order chi connectivity index (χ1) is 7.20. The lowest BCUT2D eigenvalue weighted by atomic mass is 10.1. The van der Waals surface area contributed by atoms with Crippen molar-refractivity contribution in [1.29, 1.82) is 0 Å². The van der Waals surface area contributed by atoms with Crippen LogP contribution in [0.2, 0.25) is 0 Å². The monoisotopic (exact) mass is 210 g/mol. The van der Waals surface area contributed by atoms with E-state index in [1.807, 2.05) is 0 Å². The summed E-state index contributed by atoms with van der Waals surface area (Å²) in [7, 11) is 4.25. The van der Waals surface area contributed by atoms with E-state index in [0.717, 1.165) is 25.9 Å². The van der Waals surface area contributed by atoms with Crippen LogP contribution >= 0.6 is 0 Å². The Morgan fingerprint density at radius 1 is 1.33 bits per heavy atom. The summed E-state index contributed by atoms with van der Waals surface area (Å²) in [6.45, 7) is 4.48. The Kier molecular flexibility index (Phi) is 9.67. The first kappa shape index (κ1) is 14.5. The molecule has 0 saturated heterocycles. The molecular formula is C13H26N2. The minimum atomic E-state index is 0.640. The molecule has 0 aromatic heterocycles. The summed E-state index contributed by atoms with van der Waals surface area (Å²) in [4.78, 5) is 2.24. The molecule has 0 bridgehead atoms. The molecule has 0 amide bonds. The molecule has 0 saturated carbocycles. The maximum Gasteiger partial charge on any atom is 0.00866 e. The Labute approximate surface area is 95.4 Å². The quantitative estimate of drug-likeness (QED) is 0.463. The first-order valence-corrected chi connectivity index (χ1v) is 6.02. The second-order valence-electron chi connectivity index (χ2n) is 4.34. The van der Waals surface area contributed by atoms with Gasteiger partial charge in [-0.1, -0.05) is 6.92 Å². The van der Waals surface area contributed by atoms with Gasteiger partial charge in [0.2, 0.25) is 0 Å². The summed E-state index contributed by atoms with van der Waals surface area (Å²) in [5.74, 6) is 2.71. The highest BCUT2D eigenvalue weighted by atomic mass is 15.1. The minimum absolute atomic E-state index is 0.640. The summed E-state index contributed by atoms with van der Waals surface area (Å²) < 4.78 is 0. The molecule has 0 spiro atoms. The Morgan fingerprint density at radius 3 is 2.60 bits per heavy atom. The maximum atomic E-state index is 5.26. The fraction of sp³-hybridized carbons (Fsp3) is 0.846. The summed E-state index contributed by atoms with van der Waals surface area (Å²) in [6, 6.07) is 0.640. The van der Waals surface area contributed by atoms with Crippen molar-refractivity contribution in [3.63, 3.8) is 0 Å². The number of unbranched alkanes of at least 4 members (excludes halogenated alkanes) is 1. The van der Waals surface area contributed by atoms with Crippen molar-refractivity contribution in [2.75, 3.05) is 27.2 Å². The third-order valence-electron chi connectivity index (χ3n) is 2.48. The number of rotatable bonds is 9. The molecule has 0 radical (unpaired) electrons. The number of hydrogen-bond donors (Lipinski definition) is 1. The molecule has 0 heterocycles. The molecule has 88 valence electrons. The van der Waals surface area contributed by atoms with E-state index in [4.69, 9.17) is 6.42 Å².